The zero-order chi connectivity index (χ0) is 45.0. The Kier molecular flexibility index (Phi) is 15.0. The lowest BCUT2D eigenvalue weighted by molar-refractivity contribution is -0.173. The molecule has 3 aromatic heterocycles. The second kappa shape index (κ2) is 20.8. The van der Waals surface area contributed by atoms with Crippen LogP contribution in [0.1, 0.15) is 27.6 Å². The van der Waals surface area contributed by atoms with E-state index in [-0.39, 0.29) is 42.2 Å². The number of hydrogen-bond acceptors (Lipinski definition) is 11. The van der Waals surface area contributed by atoms with Gasteiger partial charge in [-0.25, -0.2) is 9.59 Å². The maximum absolute atomic E-state index is 13.1. The lowest BCUT2D eigenvalue weighted by Gasteiger charge is -2.33. The number of hydrogen-bond donors (Lipinski definition) is 1. The smallest absolute Gasteiger partial charge is 0.413 e. The minimum atomic E-state index is -5.06. The Hall–Kier alpha value is -6.94. The van der Waals surface area contributed by atoms with Gasteiger partial charge >= 0.3 is 36.2 Å². The normalized spacial score (nSPS) is 14.3. The summed E-state index contributed by atoms with van der Waals surface area (Å²) in [5.41, 5.74) is 2.69. The molecule has 63 heavy (non-hydrogen) atoms. The quantitative estimate of drug-likeness (QED) is 0.128. The number of morpholine rings is 2. The average Bonchev–Trinajstić information content (AvgIpc) is 3.82. The number of Topliss-reactive ketones (excluding diaryl/α,β-unsaturated/α-hetero) is 1. The largest absolute Gasteiger partial charge is 0.471 e. The summed E-state index contributed by atoms with van der Waals surface area (Å²) in [6, 6.07) is 23.8. The molecule has 2 fully saturated rings. The molecule has 5 heterocycles. The van der Waals surface area contributed by atoms with Gasteiger partial charge < -0.3 is 29.0 Å². The van der Waals surface area contributed by atoms with Gasteiger partial charge in [-0.15, -0.1) is 10.2 Å². The summed E-state index contributed by atoms with van der Waals surface area (Å²) >= 11 is 0. The van der Waals surface area contributed by atoms with Crippen LogP contribution >= 0.6 is 0 Å². The third kappa shape index (κ3) is 12.6. The molecule has 7 rings (SSSR count). The molecule has 332 valence electrons. The van der Waals surface area contributed by atoms with E-state index in [1.165, 1.54) is 35.9 Å². The van der Waals surface area contributed by atoms with Gasteiger partial charge in [0.05, 0.1) is 63.0 Å². The highest BCUT2D eigenvalue weighted by Gasteiger charge is 2.39. The molecule has 16 nitrogen and oxygen atoms in total. The first-order valence-corrected chi connectivity index (χ1v) is 19.2. The van der Waals surface area contributed by atoms with E-state index in [4.69, 9.17) is 9.47 Å². The van der Waals surface area contributed by atoms with E-state index in [0.29, 0.717) is 75.4 Å². The second-order valence-corrected chi connectivity index (χ2v) is 13.7. The van der Waals surface area contributed by atoms with E-state index < -0.39 is 36.5 Å². The third-order valence-electron chi connectivity index (χ3n) is 9.35. The minimum Gasteiger partial charge on any atom is -0.413 e. The molecule has 0 bridgehead atoms. The molecule has 2 aliphatic heterocycles. The standard InChI is InChI=1S/C21H21F3N4O4.C20H18F3N5O3/c22-21(23,24)19(30)26-13-18(29)15-6-7-16(25-12-15)14-28(17-4-2-1-3-5-17)20(31)27-8-10-32-11-9-27;21-20(22,23)18-26-25-17(31-18)14-6-7-15(24-12-14)13-28(16-4-2-1-3-5-16)19(29)27-8-10-30-11-9-27/h1-7,12H,8-11,13-14H2,(H,26,30);1-7,12H,8-11,13H2. The van der Waals surface area contributed by atoms with E-state index >= 15 is 0 Å². The molecule has 2 aliphatic rings. The minimum absolute atomic E-state index is 0.0435. The first-order chi connectivity index (χ1) is 30.2. The Labute approximate surface area is 355 Å². The molecule has 0 spiro atoms. The van der Waals surface area contributed by atoms with Gasteiger partial charge in [-0.3, -0.25) is 29.4 Å². The van der Waals surface area contributed by atoms with E-state index in [2.05, 4.69) is 24.6 Å². The highest BCUT2D eigenvalue weighted by Crippen LogP contribution is 2.30. The monoisotopic (exact) mass is 883 g/mol. The summed E-state index contributed by atoms with van der Waals surface area (Å²) in [4.78, 5) is 64.1. The Bertz CT molecular complexity index is 2290. The number of aromatic nitrogens is 4. The van der Waals surface area contributed by atoms with Crippen molar-refractivity contribution in [2.24, 2.45) is 0 Å². The Morgan fingerprint density at radius 3 is 1.54 bits per heavy atom. The van der Waals surface area contributed by atoms with Crippen LogP contribution in [-0.4, -0.2) is 119 Å². The first-order valence-electron chi connectivity index (χ1n) is 19.2. The van der Waals surface area contributed by atoms with Crippen molar-refractivity contribution < 1.29 is 59.4 Å². The number of nitrogens with zero attached hydrogens (tertiary/aromatic N) is 8. The van der Waals surface area contributed by atoms with Crippen molar-refractivity contribution in [1.82, 2.24) is 35.3 Å². The van der Waals surface area contributed by atoms with Crippen LogP contribution < -0.4 is 15.1 Å². The van der Waals surface area contributed by atoms with Gasteiger partial charge in [-0.05, 0) is 48.5 Å². The predicted octanol–water partition coefficient (Wildman–Crippen LogP) is 6.01. The number of nitrogens with one attached hydrogen (secondary N) is 1. The van der Waals surface area contributed by atoms with Crippen molar-refractivity contribution in [1.29, 1.82) is 0 Å². The lowest BCUT2D eigenvalue weighted by atomic mass is 10.1. The lowest BCUT2D eigenvalue weighted by Crippen LogP contribution is -2.48. The maximum Gasteiger partial charge on any atom is 0.471 e. The molecular formula is C41H39F6N9O7. The van der Waals surface area contributed by atoms with Gasteiger partial charge in [0.2, 0.25) is 5.89 Å². The van der Waals surface area contributed by atoms with Gasteiger partial charge in [0.25, 0.3) is 0 Å². The predicted molar refractivity (Wildman–Crippen MR) is 211 cm³/mol. The first kappa shape index (κ1) is 45.6. The highest BCUT2D eigenvalue weighted by molar-refractivity contribution is 5.99. The number of carbonyl (C=O) groups excluding carboxylic acids is 4. The third-order valence-corrected chi connectivity index (χ3v) is 9.35. The van der Waals surface area contributed by atoms with Crippen LogP contribution in [0.3, 0.4) is 0 Å². The van der Waals surface area contributed by atoms with Gasteiger partial charge in [0.1, 0.15) is 0 Å². The van der Waals surface area contributed by atoms with Crippen molar-refractivity contribution in [2.45, 2.75) is 25.4 Å². The van der Waals surface area contributed by atoms with Crippen molar-refractivity contribution in [3.8, 4) is 11.5 Å². The topological polar surface area (TPSA) is 176 Å². The van der Waals surface area contributed by atoms with Crippen LogP contribution in [0.15, 0.2) is 102 Å². The van der Waals surface area contributed by atoms with Crippen LogP contribution in [-0.2, 0) is 33.5 Å². The molecule has 22 heteroatoms. The molecule has 2 saturated heterocycles. The zero-order valence-corrected chi connectivity index (χ0v) is 33.2. The Balaban J connectivity index is 0.000000210. The molecular weight excluding hydrogens is 844 g/mol. The molecule has 2 aromatic carbocycles. The number of halogens is 6. The van der Waals surface area contributed by atoms with Crippen LogP contribution in [0, 0.1) is 0 Å². The molecule has 5 aromatic rings. The SMILES string of the molecule is O=C(CNC(=O)C(F)(F)F)c1ccc(CN(C(=O)N2CCOCC2)c2ccccc2)nc1.O=C(N1CCOCC1)N(Cc1ccc(-c2nnc(C(F)(F)F)o2)cn1)c1ccccc1. The highest BCUT2D eigenvalue weighted by atomic mass is 19.4. The number of amides is 5. The molecule has 0 saturated carbocycles. The summed E-state index contributed by atoms with van der Waals surface area (Å²) < 4.78 is 90.0. The number of pyridine rings is 2. The maximum atomic E-state index is 13.1. The Morgan fingerprint density at radius 2 is 1.13 bits per heavy atom. The van der Waals surface area contributed by atoms with Crippen molar-refractivity contribution >= 4 is 35.1 Å². The number of urea groups is 2. The van der Waals surface area contributed by atoms with Crippen molar-refractivity contribution in [2.75, 3.05) is 69.0 Å². The number of alkyl halides is 6. The molecule has 0 atom stereocenters. The van der Waals surface area contributed by atoms with Crippen molar-refractivity contribution in [3.05, 3.63) is 120 Å². The molecule has 1 N–H and O–H groups in total. The zero-order valence-electron chi connectivity index (χ0n) is 33.2. The van der Waals surface area contributed by atoms with E-state index in [1.54, 1.807) is 49.9 Å². The van der Waals surface area contributed by atoms with Gasteiger partial charge in [0, 0.05) is 55.5 Å². The van der Waals surface area contributed by atoms with Crippen LogP contribution in [0.25, 0.3) is 11.5 Å². The number of benzene rings is 2. The number of para-hydroxylation sites is 2. The van der Waals surface area contributed by atoms with Gasteiger partial charge in [-0.1, -0.05) is 36.4 Å². The fraction of sp³-hybridized carbons (Fsp3) is 0.317. The van der Waals surface area contributed by atoms with Crippen molar-refractivity contribution in [3.63, 3.8) is 0 Å². The van der Waals surface area contributed by atoms with E-state index in [9.17, 15) is 45.5 Å². The molecule has 5 amide bonds. The summed E-state index contributed by atoms with van der Waals surface area (Å²) in [5.74, 6) is -4.60. The average molecular weight is 884 g/mol. The van der Waals surface area contributed by atoms with Crippen LogP contribution in [0.2, 0.25) is 0 Å². The van der Waals surface area contributed by atoms with Crippen LogP contribution in [0.5, 0.6) is 0 Å². The summed E-state index contributed by atoms with van der Waals surface area (Å²) in [6.45, 7) is 3.28. The Morgan fingerprint density at radius 1 is 0.635 bits per heavy atom. The fourth-order valence-corrected chi connectivity index (χ4v) is 6.07. The number of ether oxygens (including phenoxy) is 2. The molecule has 0 aliphatic carbocycles. The van der Waals surface area contributed by atoms with E-state index in [1.807, 2.05) is 36.4 Å². The summed E-state index contributed by atoms with van der Waals surface area (Å²) in [6.07, 6.45) is -7.23. The molecule has 0 unspecified atom stereocenters. The second-order valence-electron chi connectivity index (χ2n) is 13.7. The van der Waals surface area contributed by atoms with E-state index in [0.717, 1.165) is 0 Å². The fourth-order valence-electron chi connectivity index (χ4n) is 6.07. The number of carbonyl (C=O) groups is 4. The molecule has 0 radical (unpaired) electrons. The summed E-state index contributed by atoms with van der Waals surface area (Å²) in [7, 11) is 0. The van der Waals surface area contributed by atoms with Gasteiger partial charge in [-0.2, -0.15) is 26.3 Å². The van der Waals surface area contributed by atoms with Crippen LogP contribution in [0.4, 0.5) is 47.3 Å². The number of rotatable bonds is 10. The van der Waals surface area contributed by atoms with Gasteiger partial charge in [0.15, 0.2) is 5.78 Å². The summed E-state index contributed by atoms with van der Waals surface area (Å²) in [5, 5.41) is 7.96. The number of anilines is 2. The number of ketones is 1.